The number of benzene rings is 4. The maximum atomic E-state index is 6.22. The van der Waals surface area contributed by atoms with Crippen molar-refractivity contribution in [2.24, 2.45) is 0 Å². The summed E-state index contributed by atoms with van der Waals surface area (Å²) in [6.45, 7) is 0. The van der Waals surface area contributed by atoms with Crippen molar-refractivity contribution in [1.29, 1.82) is 0 Å². The van der Waals surface area contributed by atoms with Gasteiger partial charge in [0.1, 0.15) is 23.0 Å². The quantitative estimate of drug-likeness (QED) is 0.168. The zero-order chi connectivity index (χ0) is 31.3. The number of aromatic nitrogens is 3. The van der Waals surface area contributed by atoms with Crippen LogP contribution in [-0.4, -0.2) is 15.0 Å². The molecule has 0 saturated heterocycles. The van der Waals surface area contributed by atoms with E-state index in [1.165, 1.54) is 0 Å². The first-order valence-electron chi connectivity index (χ1n) is 14.7. The van der Waals surface area contributed by atoms with Crippen molar-refractivity contribution in [3.05, 3.63) is 152 Å². The van der Waals surface area contributed by atoms with E-state index in [-0.39, 0.29) is 0 Å². The summed E-state index contributed by atoms with van der Waals surface area (Å²) in [4.78, 5) is 14.0. The summed E-state index contributed by atoms with van der Waals surface area (Å²) in [5.74, 6) is 2.60. The summed E-state index contributed by atoms with van der Waals surface area (Å²) in [6, 6.07) is 44.6. The van der Waals surface area contributed by atoms with E-state index in [0.29, 0.717) is 34.4 Å². The highest BCUT2D eigenvalue weighted by Crippen LogP contribution is 2.36. The van der Waals surface area contributed by atoms with Gasteiger partial charge in [0.2, 0.25) is 0 Å². The van der Waals surface area contributed by atoms with Gasteiger partial charge in [-0.25, -0.2) is 4.98 Å². The van der Waals surface area contributed by atoms with Crippen LogP contribution in [0.2, 0.25) is 0 Å². The molecule has 7 heteroatoms. The molecule has 7 nitrogen and oxygen atoms in total. The predicted octanol–water partition coefficient (Wildman–Crippen LogP) is 9.29. The van der Waals surface area contributed by atoms with E-state index in [1.807, 2.05) is 78.9 Å². The van der Waals surface area contributed by atoms with Crippen molar-refractivity contribution in [1.82, 2.24) is 15.0 Å². The Hall–Kier alpha value is -6.47. The third-order valence-electron chi connectivity index (χ3n) is 7.34. The van der Waals surface area contributed by atoms with Gasteiger partial charge < -0.3 is 20.9 Å². The topological polar surface area (TPSA) is 109 Å². The van der Waals surface area contributed by atoms with Gasteiger partial charge in [-0.3, -0.25) is 9.97 Å². The molecule has 0 amide bonds. The van der Waals surface area contributed by atoms with Gasteiger partial charge in [0.15, 0.2) is 0 Å². The van der Waals surface area contributed by atoms with Crippen LogP contribution in [-0.2, 0) is 0 Å². The van der Waals surface area contributed by atoms with Crippen LogP contribution in [0.15, 0.2) is 152 Å². The SMILES string of the molecule is Nc1ccc(Oc2cc(Oc3ccc(N)cc3)cc(-c3ccc(-c4cc(-c5ccccn5)nc(-c5ccccn5)c4)cc3)c2)cc1. The van der Waals surface area contributed by atoms with E-state index in [0.717, 1.165) is 45.0 Å². The minimum absolute atomic E-state index is 0.630. The molecule has 3 heterocycles. The highest BCUT2D eigenvalue weighted by Gasteiger charge is 2.12. The number of hydrogen-bond donors (Lipinski definition) is 2. The Morgan fingerprint density at radius 3 is 1.22 bits per heavy atom. The van der Waals surface area contributed by atoms with Crippen LogP contribution in [0.1, 0.15) is 0 Å². The van der Waals surface area contributed by atoms with Crippen LogP contribution >= 0.6 is 0 Å². The third kappa shape index (κ3) is 6.54. The number of anilines is 2. The molecule has 0 aliphatic heterocycles. The van der Waals surface area contributed by atoms with Gasteiger partial charge in [-0.05, 0) is 119 Å². The van der Waals surface area contributed by atoms with E-state index in [9.17, 15) is 0 Å². The summed E-state index contributed by atoms with van der Waals surface area (Å²) in [7, 11) is 0. The largest absolute Gasteiger partial charge is 0.457 e. The van der Waals surface area contributed by atoms with Crippen LogP contribution in [0, 0.1) is 0 Å². The fraction of sp³-hybridized carbons (Fsp3) is 0. The third-order valence-corrected chi connectivity index (χ3v) is 7.34. The number of ether oxygens (including phenoxy) is 2. The lowest BCUT2D eigenvalue weighted by molar-refractivity contribution is 0.461. The molecule has 0 aliphatic rings. The van der Waals surface area contributed by atoms with Gasteiger partial charge in [-0.15, -0.1) is 0 Å². The molecule has 0 saturated carbocycles. The van der Waals surface area contributed by atoms with E-state index in [2.05, 4.69) is 46.4 Å². The number of nitrogen functional groups attached to an aromatic ring is 2. The zero-order valence-corrected chi connectivity index (χ0v) is 24.7. The standard InChI is InChI=1S/C39H29N5O2/c40-30-11-15-32(16-12-30)45-34-21-28(22-35(25-34)46-33-17-13-31(41)14-18-33)26-7-9-27(10-8-26)29-23-38(36-5-1-3-19-42-36)44-39(24-29)37-6-2-4-20-43-37/h1-25H,40-41H2. The highest BCUT2D eigenvalue weighted by atomic mass is 16.5. The van der Waals surface area contributed by atoms with Gasteiger partial charge in [0.25, 0.3) is 0 Å². The second-order valence-corrected chi connectivity index (χ2v) is 10.7. The Labute approximate surface area is 266 Å². The molecule has 7 rings (SSSR count). The van der Waals surface area contributed by atoms with E-state index in [4.69, 9.17) is 25.9 Å². The monoisotopic (exact) mass is 599 g/mol. The maximum Gasteiger partial charge on any atom is 0.131 e. The first-order chi connectivity index (χ1) is 22.6. The molecule has 0 atom stereocenters. The van der Waals surface area contributed by atoms with Gasteiger partial charge >= 0.3 is 0 Å². The smallest absolute Gasteiger partial charge is 0.131 e. The lowest BCUT2D eigenvalue weighted by atomic mass is 9.98. The molecule has 0 spiro atoms. The number of pyridine rings is 3. The first-order valence-corrected chi connectivity index (χ1v) is 14.7. The Kier molecular flexibility index (Phi) is 7.78. The fourth-order valence-electron chi connectivity index (χ4n) is 5.04. The summed E-state index contributed by atoms with van der Waals surface area (Å²) >= 11 is 0. The van der Waals surface area contributed by atoms with Crippen molar-refractivity contribution in [2.45, 2.75) is 0 Å². The summed E-state index contributed by atoms with van der Waals surface area (Å²) in [5, 5.41) is 0. The predicted molar refractivity (Wildman–Crippen MR) is 183 cm³/mol. The van der Waals surface area contributed by atoms with Crippen molar-refractivity contribution < 1.29 is 9.47 Å². The molecular weight excluding hydrogens is 570 g/mol. The fourth-order valence-corrected chi connectivity index (χ4v) is 5.04. The molecule has 0 aliphatic carbocycles. The zero-order valence-electron chi connectivity index (χ0n) is 24.7. The van der Waals surface area contributed by atoms with E-state index in [1.54, 1.807) is 36.7 Å². The Bertz CT molecular complexity index is 1960. The Morgan fingerprint density at radius 1 is 0.370 bits per heavy atom. The molecule has 4 aromatic carbocycles. The Balaban J connectivity index is 1.25. The van der Waals surface area contributed by atoms with Crippen LogP contribution in [0.5, 0.6) is 23.0 Å². The number of nitrogens with zero attached hydrogens (tertiary/aromatic N) is 3. The molecule has 0 unspecified atom stereocenters. The van der Waals surface area contributed by atoms with Crippen LogP contribution in [0.25, 0.3) is 45.0 Å². The lowest BCUT2D eigenvalue weighted by Gasteiger charge is -2.13. The minimum Gasteiger partial charge on any atom is -0.457 e. The molecule has 4 N–H and O–H groups in total. The average molecular weight is 600 g/mol. The van der Waals surface area contributed by atoms with Gasteiger partial charge in [0, 0.05) is 29.8 Å². The molecule has 0 bridgehead atoms. The van der Waals surface area contributed by atoms with Gasteiger partial charge in [-0.1, -0.05) is 36.4 Å². The minimum atomic E-state index is 0.630. The Morgan fingerprint density at radius 2 is 0.804 bits per heavy atom. The summed E-state index contributed by atoms with van der Waals surface area (Å²) in [6.07, 6.45) is 3.55. The maximum absolute atomic E-state index is 6.22. The number of rotatable bonds is 8. The second kappa shape index (κ2) is 12.6. The first kappa shape index (κ1) is 28.3. The van der Waals surface area contributed by atoms with E-state index < -0.39 is 0 Å². The van der Waals surface area contributed by atoms with Gasteiger partial charge in [0.05, 0.1) is 22.8 Å². The molecule has 0 radical (unpaired) electrons. The number of nitrogens with two attached hydrogens (primary N) is 2. The molecular formula is C39H29N5O2. The average Bonchev–Trinajstić information content (AvgIpc) is 3.11. The molecule has 46 heavy (non-hydrogen) atoms. The molecule has 0 fully saturated rings. The molecule has 7 aromatic rings. The summed E-state index contributed by atoms with van der Waals surface area (Å²) < 4.78 is 12.4. The van der Waals surface area contributed by atoms with Crippen LogP contribution < -0.4 is 20.9 Å². The number of hydrogen-bond acceptors (Lipinski definition) is 7. The second-order valence-electron chi connectivity index (χ2n) is 10.7. The van der Waals surface area contributed by atoms with Crippen LogP contribution in [0.3, 0.4) is 0 Å². The van der Waals surface area contributed by atoms with Crippen molar-refractivity contribution in [2.75, 3.05) is 11.5 Å². The van der Waals surface area contributed by atoms with Crippen molar-refractivity contribution in [3.8, 4) is 68.0 Å². The highest BCUT2D eigenvalue weighted by molar-refractivity contribution is 5.77. The normalized spacial score (nSPS) is 10.8. The van der Waals surface area contributed by atoms with E-state index >= 15 is 0 Å². The molecule has 222 valence electrons. The summed E-state index contributed by atoms with van der Waals surface area (Å²) in [5.41, 5.74) is 20.2. The van der Waals surface area contributed by atoms with Crippen molar-refractivity contribution >= 4 is 11.4 Å². The van der Waals surface area contributed by atoms with Gasteiger partial charge in [-0.2, -0.15) is 0 Å². The lowest BCUT2D eigenvalue weighted by Crippen LogP contribution is -1.94. The molecule has 3 aromatic heterocycles. The van der Waals surface area contributed by atoms with Crippen LogP contribution in [0.4, 0.5) is 11.4 Å². The van der Waals surface area contributed by atoms with Crippen molar-refractivity contribution in [3.63, 3.8) is 0 Å².